The molecule has 1 unspecified atom stereocenters. The van der Waals surface area contributed by atoms with E-state index in [2.05, 4.69) is 10.6 Å². The minimum atomic E-state index is -1.01. The number of hydrogen-bond donors (Lipinski definition) is 2. The number of nitrogens with zero attached hydrogens (tertiary/aromatic N) is 1. The van der Waals surface area contributed by atoms with E-state index in [9.17, 15) is 19.2 Å². The Morgan fingerprint density at radius 1 is 1.21 bits per heavy atom. The monoisotopic (exact) mass is 405 g/mol. The summed E-state index contributed by atoms with van der Waals surface area (Å²) >= 11 is 1.33. The molecule has 0 radical (unpaired) electrons. The maximum Gasteiger partial charge on any atom is 0.408 e. The van der Waals surface area contributed by atoms with E-state index in [0.717, 1.165) is 0 Å². The first-order valence-corrected chi connectivity index (χ1v) is 9.99. The van der Waals surface area contributed by atoms with Gasteiger partial charge in [-0.1, -0.05) is 30.3 Å². The smallest absolute Gasteiger partial charge is 0.408 e. The van der Waals surface area contributed by atoms with E-state index in [-0.39, 0.29) is 23.6 Å². The molecule has 28 heavy (non-hydrogen) atoms. The quantitative estimate of drug-likeness (QED) is 0.730. The third-order valence-corrected chi connectivity index (χ3v) is 5.61. The number of alkyl carbamates (subject to hydrolysis) is 1. The molecule has 0 bridgehead atoms. The van der Waals surface area contributed by atoms with Gasteiger partial charge in [-0.05, 0) is 26.3 Å². The van der Waals surface area contributed by atoms with Gasteiger partial charge in [-0.15, -0.1) is 11.8 Å². The molecule has 2 aliphatic rings. The molecule has 0 aliphatic carbocycles. The minimum absolute atomic E-state index is 0.00636. The molecular weight excluding hydrogens is 382 g/mol. The molecular formula is C19H23N3O5S. The highest BCUT2D eigenvalue weighted by atomic mass is 32.2. The predicted octanol–water partition coefficient (Wildman–Crippen LogP) is 1.22. The van der Waals surface area contributed by atoms with Crippen molar-refractivity contribution in [1.29, 1.82) is 0 Å². The first kappa shape index (κ1) is 20.2. The number of amides is 3. The lowest BCUT2D eigenvalue weighted by Crippen LogP contribution is -2.72. The summed E-state index contributed by atoms with van der Waals surface area (Å²) in [6.45, 7) is 5.27. The van der Waals surface area contributed by atoms with Gasteiger partial charge in [0.05, 0.1) is 12.3 Å². The van der Waals surface area contributed by atoms with E-state index in [1.165, 1.54) is 16.7 Å². The van der Waals surface area contributed by atoms with Gasteiger partial charge in [-0.2, -0.15) is 0 Å². The molecule has 3 atom stereocenters. The van der Waals surface area contributed by atoms with Crippen molar-refractivity contribution in [2.45, 2.75) is 43.8 Å². The number of fused-ring (bicyclic) bond motifs is 1. The number of ether oxygens (including phenoxy) is 1. The van der Waals surface area contributed by atoms with E-state index in [0.29, 0.717) is 11.3 Å². The highest BCUT2D eigenvalue weighted by Crippen LogP contribution is 2.33. The SMILES string of the molecule is CC(C)(C)OC(=O)NC(C(=O)N[C@@H]1C(=O)N2CC(=O)CS[C@@H]12)c1ccccc1. The Hall–Kier alpha value is -2.55. The third kappa shape index (κ3) is 4.46. The molecule has 0 spiro atoms. The molecule has 2 fully saturated rings. The summed E-state index contributed by atoms with van der Waals surface area (Å²) in [6.07, 6.45) is -0.726. The molecule has 3 amide bonds. The van der Waals surface area contributed by atoms with Gasteiger partial charge >= 0.3 is 6.09 Å². The summed E-state index contributed by atoms with van der Waals surface area (Å²) in [5.74, 6) is -0.484. The second-order valence-corrected chi connectivity index (χ2v) is 8.79. The fraction of sp³-hybridized carbons (Fsp3) is 0.474. The standard InChI is InChI=1S/C19H23N3O5S/c1-19(2,3)27-18(26)21-13(11-7-5-4-6-8-11)15(24)20-14-16(25)22-9-12(23)10-28-17(14)22/h4-8,13-14,17H,9-10H2,1-3H3,(H,20,24)(H,21,26)/t13?,14-,17+/m1/s1. The van der Waals surface area contributed by atoms with Gasteiger partial charge in [0.2, 0.25) is 11.8 Å². The number of carbonyl (C=O) groups excluding carboxylic acids is 4. The van der Waals surface area contributed by atoms with E-state index in [4.69, 9.17) is 4.74 Å². The zero-order valence-electron chi connectivity index (χ0n) is 15.9. The van der Waals surface area contributed by atoms with Crippen LogP contribution in [0.25, 0.3) is 0 Å². The van der Waals surface area contributed by atoms with Gasteiger partial charge in [0.1, 0.15) is 23.1 Å². The lowest BCUT2D eigenvalue weighted by Gasteiger charge is -2.48. The average molecular weight is 405 g/mol. The largest absolute Gasteiger partial charge is 0.444 e. The summed E-state index contributed by atoms with van der Waals surface area (Å²) in [5.41, 5.74) is -0.140. The number of nitrogens with one attached hydrogen (secondary N) is 2. The molecule has 1 aromatic carbocycles. The highest BCUT2D eigenvalue weighted by Gasteiger charge is 2.51. The van der Waals surface area contributed by atoms with Crippen molar-refractivity contribution in [3.8, 4) is 0 Å². The van der Waals surface area contributed by atoms with Crippen molar-refractivity contribution >= 4 is 35.5 Å². The van der Waals surface area contributed by atoms with Crippen LogP contribution in [0, 0.1) is 0 Å². The Balaban J connectivity index is 1.71. The Kier molecular flexibility index (Phi) is 5.64. The van der Waals surface area contributed by atoms with Crippen molar-refractivity contribution in [3.63, 3.8) is 0 Å². The highest BCUT2D eigenvalue weighted by molar-refractivity contribution is 8.00. The number of β-lactam (4-membered cyclic amide) rings is 1. The zero-order chi connectivity index (χ0) is 20.5. The number of carbonyl (C=O) groups is 4. The Bertz CT molecular complexity index is 793. The van der Waals surface area contributed by atoms with Gasteiger partial charge in [0, 0.05) is 0 Å². The van der Waals surface area contributed by atoms with Crippen LogP contribution >= 0.6 is 11.8 Å². The van der Waals surface area contributed by atoms with Crippen LogP contribution < -0.4 is 10.6 Å². The number of ketones is 1. The van der Waals surface area contributed by atoms with Crippen LogP contribution in [0.5, 0.6) is 0 Å². The van der Waals surface area contributed by atoms with E-state index >= 15 is 0 Å². The molecule has 3 rings (SSSR count). The Labute approximate surface area is 167 Å². The van der Waals surface area contributed by atoms with E-state index in [1.54, 1.807) is 51.1 Å². The van der Waals surface area contributed by atoms with Gasteiger partial charge in [-0.3, -0.25) is 14.4 Å². The lowest BCUT2D eigenvalue weighted by atomic mass is 10.0. The summed E-state index contributed by atoms with van der Waals surface area (Å²) in [7, 11) is 0. The summed E-state index contributed by atoms with van der Waals surface area (Å²) in [6, 6.07) is 7.02. The van der Waals surface area contributed by atoms with Crippen molar-refractivity contribution in [2.24, 2.45) is 0 Å². The van der Waals surface area contributed by atoms with Crippen molar-refractivity contribution < 1.29 is 23.9 Å². The fourth-order valence-corrected chi connectivity index (χ4v) is 4.22. The van der Waals surface area contributed by atoms with Gasteiger partial charge in [-0.25, -0.2) is 4.79 Å². The first-order valence-electron chi connectivity index (χ1n) is 8.94. The lowest BCUT2D eigenvalue weighted by molar-refractivity contribution is -0.151. The number of rotatable bonds is 4. The second kappa shape index (κ2) is 7.83. The van der Waals surface area contributed by atoms with Crippen molar-refractivity contribution in [2.75, 3.05) is 12.3 Å². The third-order valence-electron chi connectivity index (χ3n) is 4.26. The predicted molar refractivity (Wildman–Crippen MR) is 103 cm³/mol. The summed E-state index contributed by atoms with van der Waals surface area (Å²) in [4.78, 5) is 50.3. The van der Waals surface area contributed by atoms with Gasteiger partial charge < -0.3 is 20.3 Å². The number of benzene rings is 1. The van der Waals surface area contributed by atoms with E-state index < -0.39 is 29.7 Å². The number of Topliss-reactive ketones (excluding diaryl/α,β-unsaturated/α-hetero) is 1. The van der Waals surface area contributed by atoms with Crippen molar-refractivity contribution in [3.05, 3.63) is 35.9 Å². The number of hydrogen-bond acceptors (Lipinski definition) is 6. The molecule has 2 heterocycles. The van der Waals surface area contributed by atoms with Crippen LogP contribution in [-0.4, -0.2) is 57.9 Å². The maximum absolute atomic E-state index is 12.9. The maximum atomic E-state index is 12.9. The first-order chi connectivity index (χ1) is 13.2. The average Bonchev–Trinajstić information content (AvgIpc) is 2.63. The molecule has 2 saturated heterocycles. The summed E-state index contributed by atoms with van der Waals surface area (Å²) in [5, 5.41) is 5.04. The molecule has 1 aromatic rings. The van der Waals surface area contributed by atoms with E-state index in [1.807, 2.05) is 0 Å². The molecule has 0 aromatic heterocycles. The van der Waals surface area contributed by atoms with Crippen molar-refractivity contribution in [1.82, 2.24) is 15.5 Å². The normalized spacial score (nSPS) is 22.6. The molecule has 2 N–H and O–H groups in total. The molecule has 150 valence electrons. The van der Waals surface area contributed by atoms with Crippen LogP contribution in [-0.2, 0) is 19.1 Å². The molecule has 2 aliphatic heterocycles. The minimum Gasteiger partial charge on any atom is -0.444 e. The Morgan fingerprint density at radius 2 is 1.89 bits per heavy atom. The number of thioether (sulfide) groups is 1. The Morgan fingerprint density at radius 3 is 2.54 bits per heavy atom. The van der Waals surface area contributed by atoms with Crippen LogP contribution in [0.1, 0.15) is 32.4 Å². The van der Waals surface area contributed by atoms with Crippen LogP contribution in [0.2, 0.25) is 0 Å². The molecule has 8 nitrogen and oxygen atoms in total. The topological polar surface area (TPSA) is 105 Å². The molecule has 0 saturated carbocycles. The molecule has 9 heteroatoms. The van der Waals surface area contributed by atoms with Crippen LogP contribution in [0.3, 0.4) is 0 Å². The van der Waals surface area contributed by atoms with Crippen LogP contribution in [0.4, 0.5) is 4.79 Å². The van der Waals surface area contributed by atoms with Gasteiger partial charge in [0.25, 0.3) is 0 Å². The van der Waals surface area contributed by atoms with Crippen LogP contribution in [0.15, 0.2) is 30.3 Å². The summed E-state index contributed by atoms with van der Waals surface area (Å²) < 4.78 is 5.26. The zero-order valence-corrected chi connectivity index (χ0v) is 16.7. The van der Waals surface area contributed by atoms with Gasteiger partial charge in [0.15, 0.2) is 5.78 Å². The fourth-order valence-electron chi connectivity index (χ4n) is 3.03. The second-order valence-electron chi connectivity index (χ2n) is 7.68.